The van der Waals surface area contributed by atoms with Crippen LogP contribution in [0.25, 0.3) is 90.2 Å². The molecule has 0 radical (unpaired) electrons. The minimum atomic E-state index is 0.545. The Balaban J connectivity index is 1.08. The van der Waals surface area contributed by atoms with Gasteiger partial charge in [0.2, 0.25) is 0 Å². The van der Waals surface area contributed by atoms with E-state index >= 15 is 0 Å². The van der Waals surface area contributed by atoms with Gasteiger partial charge in [-0.3, -0.25) is 0 Å². The first-order valence-electron chi connectivity index (χ1n) is 18.7. The van der Waals surface area contributed by atoms with E-state index in [2.05, 4.69) is 181 Å². The van der Waals surface area contributed by atoms with Crippen molar-refractivity contribution in [3.8, 4) is 73.2 Å². The molecule has 0 saturated heterocycles. The van der Waals surface area contributed by atoms with Crippen molar-refractivity contribution in [3.05, 3.63) is 199 Å². The predicted octanol–water partition coefficient (Wildman–Crippen LogP) is 12.4. The Labute approximate surface area is 320 Å². The molecule has 55 heavy (non-hydrogen) atoms. The zero-order valence-electron chi connectivity index (χ0n) is 30.0. The molecule has 0 N–H and O–H groups in total. The maximum atomic E-state index is 5.11. The Morgan fingerprint density at radius 2 is 1.02 bits per heavy atom. The second-order valence-electron chi connectivity index (χ2n) is 13.7. The normalized spacial score (nSPS) is 12.0. The fourth-order valence-electron chi connectivity index (χ4n) is 7.75. The van der Waals surface area contributed by atoms with Crippen LogP contribution in [0, 0.1) is 12.1 Å². The van der Waals surface area contributed by atoms with Crippen LogP contribution in [0.15, 0.2) is 176 Å². The van der Waals surface area contributed by atoms with Crippen LogP contribution in [0.1, 0.15) is 17.7 Å². The monoisotopic (exact) mass is 702 g/mol. The van der Waals surface area contributed by atoms with Gasteiger partial charge in [-0.2, -0.15) is 0 Å². The van der Waals surface area contributed by atoms with Crippen LogP contribution in [-0.4, -0.2) is 19.5 Å². The number of hydrogen-bond donors (Lipinski definition) is 0. The molecule has 9 aromatic rings. The Bertz CT molecular complexity index is 2830. The van der Waals surface area contributed by atoms with Crippen molar-refractivity contribution < 1.29 is 0 Å². The summed E-state index contributed by atoms with van der Waals surface area (Å²) in [6.45, 7) is 0. The summed E-state index contributed by atoms with van der Waals surface area (Å²) >= 11 is 0. The summed E-state index contributed by atoms with van der Waals surface area (Å²) in [6, 6.07) is 65.9. The lowest BCUT2D eigenvalue weighted by Crippen LogP contribution is -2.04. The molecule has 0 amide bonds. The quantitative estimate of drug-likeness (QED) is 0.166. The third-order valence-corrected chi connectivity index (χ3v) is 10.4. The SMILES string of the molecule is c1c(-c2nc(-c3ccc(-c4ccccc4)cc3)nc(-c3ccccc3-c3ccccc3)n2)ccc(-c2ccccc2-n2c3c(c4ccccc42)C=CCC3)c#1. The van der Waals surface area contributed by atoms with E-state index in [9.17, 15) is 0 Å². The number of benzene rings is 6. The maximum absolute atomic E-state index is 5.11. The van der Waals surface area contributed by atoms with Crippen molar-refractivity contribution in [1.29, 1.82) is 0 Å². The summed E-state index contributed by atoms with van der Waals surface area (Å²) in [5.41, 5.74) is 14.1. The summed E-state index contributed by atoms with van der Waals surface area (Å²) in [5.74, 6) is 1.75. The molecule has 4 nitrogen and oxygen atoms in total. The predicted molar refractivity (Wildman–Crippen MR) is 224 cm³/mol. The fourth-order valence-corrected chi connectivity index (χ4v) is 7.75. The number of allylic oxidation sites excluding steroid dienone is 1. The Morgan fingerprint density at radius 3 is 1.80 bits per heavy atom. The summed E-state index contributed by atoms with van der Waals surface area (Å²) in [4.78, 5) is 15.3. The molecule has 258 valence electrons. The molecule has 0 aliphatic heterocycles. The third kappa shape index (κ3) is 5.99. The van der Waals surface area contributed by atoms with E-state index in [-0.39, 0.29) is 0 Å². The number of hydrogen-bond acceptors (Lipinski definition) is 3. The average Bonchev–Trinajstić information content (AvgIpc) is 3.61. The van der Waals surface area contributed by atoms with Gasteiger partial charge in [0.15, 0.2) is 17.5 Å². The van der Waals surface area contributed by atoms with Crippen LogP contribution in [0.5, 0.6) is 0 Å². The van der Waals surface area contributed by atoms with Crippen molar-refractivity contribution >= 4 is 17.0 Å². The van der Waals surface area contributed by atoms with Gasteiger partial charge in [0.1, 0.15) is 0 Å². The zero-order chi connectivity index (χ0) is 36.6. The maximum Gasteiger partial charge on any atom is 0.172 e. The first-order valence-corrected chi connectivity index (χ1v) is 18.7. The van der Waals surface area contributed by atoms with Crippen molar-refractivity contribution in [3.63, 3.8) is 0 Å². The van der Waals surface area contributed by atoms with Crippen LogP contribution >= 0.6 is 0 Å². The van der Waals surface area contributed by atoms with Gasteiger partial charge in [-0.1, -0.05) is 170 Å². The molecule has 0 fully saturated rings. The molecular formula is C51H34N4. The van der Waals surface area contributed by atoms with E-state index in [1.807, 2.05) is 18.2 Å². The Hall–Kier alpha value is -7.35. The molecule has 0 bridgehead atoms. The molecule has 2 heterocycles. The van der Waals surface area contributed by atoms with Crippen LogP contribution in [-0.2, 0) is 6.42 Å². The number of para-hydroxylation sites is 2. The van der Waals surface area contributed by atoms with E-state index in [0.29, 0.717) is 17.5 Å². The van der Waals surface area contributed by atoms with Crippen molar-refractivity contribution in [2.75, 3.05) is 0 Å². The summed E-state index contributed by atoms with van der Waals surface area (Å²) < 4.78 is 2.43. The second-order valence-corrected chi connectivity index (χ2v) is 13.7. The summed E-state index contributed by atoms with van der Waals surface area (Å²) in [7, 11) is 0. The van der Waals surface area contributed by atoms with Crippen molar-refractivity contribution in [2.45, 2.75) is 12.8 Å². The van der Waals surface area contributed by atoms with Gasteiger partial charge in [0, 0.05) is 38.9 Å². The minimum Gasteiger partial charge on any atom is -0.312 e. The molecule has 0 spiro atoms. The molecular weight excluding hydrogens is 669 g/mol. The van der Waals surface area contributed by atoms with Crippen molar-refractivity contribution in [2.24, 2.45) is 0 Å². The second kappa shape index (κ2) is 13.9. The Morgan fingerprint density at radius 1 is 0.436 bits per heavy atom. The highest BCUT2D eigenvalue weighted by atomic mass is 15.0. The van der Waals surface area contributed by atoms with E-state index in [4.69, 9.17) is 15.0 Å². The highest BCUT2D eigenvalue weighted by molar-refractivity contribution is 5.94. The number of rotatable bonds is 7. The molecule has 10 rings (SSSR count). The topological polar surface area (TPSA) is 43.6 Å². The Kier molecular flexibility index (Phi) is 8.16. The molecule has 1 aliphatic carbocycles. The van der Waals surface area contributed by atoms with Crippen molar-refractivity contribution in [1.82, 2.24) is 19.5 Å². The fraction of sp³-hybridized carbons (Fsp3) is 0.0392. The standard InChI is InChI=1S/C51H34N4/c1-3-15-35(16-4-1)36-27-31-39(32-28-36)49-52-50(54-51(53-49)45-23-8-7-19-41(45)37-17-5-2-6-18-37)40-33-29-38(30-34-40)42-20-9-12-24-46(42)55-47-25-13-10-21-43(47)44-22-11-14-26-48(44)55/h1-13,15-25,27-29,31-33H,14,26H2. The van der Waals surface area contributed by atoms with Gasteiger partial charge in [-0.05, 0) is 59.4 Å². The molecule has 2 aromatic heterocycles. The van der Waals surface area contributed by atoms with E-state index in [1.165, 1.54) is 22.2 Å². The van der Waals surface area contributed by atoms with E-state index < -0.39 is 0 Å². The molecule has 0 saturated carbocycles. The summed E-state index contributed by atoms with van der Waals surface area (Å²) in [5, 5.41) is 1.28. The lowest BCUT2D eigenvalue weighted by Gasteiger charge is -2.16. The lowest BCUT2D eigenvalue weighted by atomic mass is 9.99. The molecule has 0 unspecified atom stereocenters. The molecule has 0 atom stereocenters. The minimum absolute atomic E-state index is 0.545. The van der Waals surface area contributed by atoms with E-state index in [0.717, 1.165) is 68.6 Å². The van der Waals surface area contributed by atoms with Gasteiger partial charge < -0.3 is 4.57 Å². The first-order chi connectivity index (χ1) is 27.3. The highest BCUT2D eigenvalue weighted by Crippen LogP contribution is 2.38. The number of nitrogens with zero attached hydrogens (tertiary/aromatic N) is 4. The van der Waals surface area contributed by atoms with Crippen LogP contribution in [0.3, 0.4) is 0 Å². The van der Waals surface area contributed by atoms with E-state index in [1.54, 1.807) is 0 Å². The number of fused-ring (bicyclic) bond motifs is 3. The van der Waals surface area contributed by atoms with Crippen LogP contribution < -0.4 is 0 Å². The smallest absolute Gasteiger partial charge is 0.172 e. The van der Waals surface area contributed by atoms with Gasteiger partial charge in [0.05, 0.1) is 16.8 Å². The van der Waals surface area contributed by atoms with Gasteiger partial charge in [-0.25, -0.2) is 15.0 Å². The number of aromatic nitrogens is 4. The highest BCUT2D eigenvalue weighted by Gasteiger charge is 2.21. The third-order valence-electron chi connectivity index (χ3n) is 10.4. The average molecular weight is 703 g/mol. The molecule has 1 aliphatic rings. The van der Waals surface area contributed by atoms with Gasteiger partial charge >= 0.3 is 0 Å². The summed E-state index contributed by atoms with van der Waals surface area (Å²) in [6.07, 6.45) is 6.59. The zero-order valence-corrected chi connectivity index (χ0v) is 30.0. The first kappa shape index (κ1) is 32.3. The van der Waals surface area contributed by atoms with Crippen LogP contribution in [0.4, 0.5) is 0 Å². The molecule has 7 aromatic carbocycles. The largest absolute Gasteiger partial charge is 0.312 e. The molecule has 4 heteroatoms. The lowest BCUT2D eigenvalue weighted by molar-refractivity contribution is 0.889. The van der Waals surface area contributed by atoms with Gasteiger partial charge in [-0.15, -0.1) is 0 Å². The van der Waals surface area contributed by atoms with Crippen LogP contribution in [0.2, 0.25) is 0 Å². The van der Waals surface area contributed by atoms with Gasteiger partial charge in [0.25, 0.3) is 0 Å².